The Morgan fingerprint density at radius 3 is 2.02 bits per heavy atom. The van der Waals surface area contributed by atoms with Crippen molar-refractivity contribution in [3.63, 3.8) is 0 Å². The van der Waals surface area contributed by atoms with Gasteiger partial charge in [0.15, 0.2) is 11.6 Å². The first-order valence-electron chi connectivity index (χ1n) is 15.5. The zero-order valence-electron chi connectivity index (χ0n) is 24.1. The van der Waals surface area contributed by atoms with E-state index in [2.05, 4.69) is 13.0 Å². The molecular weight excluding hydrogens is 501 g/mol. The number of halogens is 3. The fraction of sp³-hybridized carbons (Fsp3) is 0.459. The SMILES string of the molecule is CCCCc1ccc(-c2ccc(-c3ccc(C4=CCC(C5CCC(CCC)CC5)CC4)c(F)c3)cc2)c(F)c1F. The molecule has 0 amide bonds. The molecule has 0 N–H and O–H groups in total. The van der Waals surface area contributed by atoms with Crippen molar-refractivity contribution in [2.45, 2.75) is 90.9 Å². The van der Waals surface area contributed by atoms with E-state index in [9.17, 15) is 8.78 Å². The summed E-state index contributed by atoms with van der Waals surface area (Å²) in [4.78, 5) is 0. The van der Waals surface area contributed by atoms with Crippen LogP contribution in [0.15, 0.2) is 60.7 Å². The summed E-state index contributed by atoms with van der Waals surface area (Å²) < 4.78 is 44.7. The van der Waals surface area contributed by atoms with E-state index in [0.717, 1.165) is 66.6 Å². The molecule has 0 spiro atoms. The molecule has 212 valence electrons. The molecule has 40 heavy (non-hydrogen) atoms. The van der Waals surface area contributed by atoms with E-state index >= 15 is 4.39 Å². The number of unbranched alkanes of at least 4 members (excludes halogenated alkanes) is 1. The Hall–Kier alpha value is -2.81. The molecule has 0 aliphatic heterocycles. The smallest absolute Gasteiger partial charge is 0.166 e. The number of aryl methyl sites for hydroxylation is 1. The molecule has 3 heteroatoms. The lowest BCUT2D eigenvalue weighted by molar-refractivity contribution is 0.189. The molecule has 1 saturated carbocycles. The standard InChI is InChI=1S/C37H43F3/c1-3-5-7-31-20-23-34(37(40)36(31)39)30-18-14-28(15-19-30)32-21-22-33(35(38)24-32)29-16-12-27(13-17-29)26-10-8-25(6-4-2)9-11-26/h14-16,18-27H,3-13,17H2,1-2H3. The van der Waals surface area contributed by atoms with Crippen molar-refractivity contribution in [2.24, 2.45) is 17.8 Å². The molecule has 0 nitrogen and oxygen atoms in total. The zero-order chi connectivity index (χ0) is 28.1. The van der Waals surface area contributed by atoms with Gasteiger partial charge in [0, 0.05) is 11.1 Å². The molecule has 2 aliphatic rings. The van der Waals surface area contributed by atoms with Crippen molar-refractivity contribution >= 4 is 5.57 Å². The first-order valence-corrected chi connectivity index (χ1v) is 15.5. The molecule has 1 unspecified atom stereocenters. The van der Waals surface area contributed by atoms with Gasteiger partial charge in [-0.05, 0) is 96.6 Å². The Morgan fingerprint density at radius 2 is 1.38 bits per heavy atom. The lowest BCUT2D eigenvalue weighted by Gasteiger charge is -2.35. The molecule has 2 aliphatic carbocycles. The molecule has 0 bridgehead atoms. The highest BCUT2D eigenvalue weighted by Gasteiger charge is 2.29. The second-order valence-electron chi connectivity index (χ2n) is 12.1. The summed E-state index contributed by atoms with van der Waals surface area (Å²) in [6.07, 6.45) is 16.0. The summed E-state index contributed by atoms with van der Waals surface area (Å²) in [5.41, 5.74) is 4.77. The largest absolute Gasteiger partial charge is 0.206 e. The van der Waals surface area contributed by atoms with E-state index < -0.39 is 11.6 Å². The molecule has 1 atom stereocenters. The molecular formula is C37H43F3. The third-order valence-corrected chi connectivity index (χ3v) is 9.51. The summed E-state index contributed by atoms with van der Waals surface area (Å²) >= 11 is 0. The molecule has 0 radical (unpaired) electrons. The van der Waals surface area contributed by atoms with Crippen LogP contribution < -0.4 is 0 Å². The molecule has 0 heterocycles. The minimum atomic E-state index is -0.802. The van der Waals surface area contributed by atoms with Crippen molar-refractivity contribution in [1.82, 2.24) is 0 Å². The number of hydrogen-bond donors (Lipinski definition) is 0. The van der Waals surface area contributed by atoms with E-state index in [1.165, 1.54) is 38.5 Å². The van der Waals surface area contributed by atoms with Gasteiger partial charge in [-0.1, -0.05) is 101 Å². The predicted molar refractivity (Wildman–Crippen MR) is 161 cm³/mol. The van der Waals surface area contributed by atoms with Crippen LogP contribution in [0.5, 0.6) is 0 Å². The van der Waals surface area contributed by atoms with Gasteiger partial charge in [-0.25, -0.2) is 13.2 Å². The molecule has 0 saturated heterocycles. The number of hydrogen-bond acceptors (Lipinski definition) is 0. The van der Waals surface area contributed by atoms with E-state index in [4.69, 9.17) is 0 Å². The van der Waals surface area contributed by atoms with Gasteiger partial charge in [0.1, 0.15) is 5.82 Å². The second kappa shape index (κ2) is 13.2. The molecule has 3 aromatic rings. The third kappa shape index (κ3) is 6.40. The fourth-order valence-electron chi connectivity index (χ4n) is 7.05. The molecule has 1 fully saturated rings. The Balaban J connectivity index is 1.24. The highest BCUT2D eigenvalue weighted by Crippen LogP contribution is 2.42. The van der Waals surface area contributed by atoms with Crippen LogP contribution in [0.3, 0.4) is 0 Å². The lowest BCUT2D eigenvalue weighted by atomic mass is 9.70. The maximum atomic E-state index is 15.3. The lowest BCUT2D eigenvalue weighted by Crippen LogP contribution is -2.23. The number of rotatable bonds is 9. The number of benzene rings is 3. The Labute approximate surface area is 238 Å². The van der Waals surface area contributed by atoms with Gasteiger partial charge in [0.2, 0.25) is 0 Å². The Bertz CT molecular complexity index is 1310. The van der Waals surface area contributed by atoms with Crippen molar-refractivity contribution in [1.29, 1.82) is 0 Å². The van der Waals surface area contributed by atoms with Crippen molar-refractivity contribution < 1.29 is 13.2 Å². The van der Waals surface area contributed by atoms with E-state index in [0.29, 0.717) is 23.1 Å². The highest BCUT2D eigenvalue weighted by atomic mass is 19.2. The van der Waals surface area contributed by atoms with E-state index in [1.54, 1.807) is 30.3 Å². The average molecular weight is 545 g/mol. The van der Waals surface area contributed by atoms with Crippen LogP contribution >= 0.6 is 0 Å². The molecule has 0 aromatic heterocycles. The minimum Gasteiger partial charge on any atom is -0.206 e. The Kier molecular flexibility index (Phi) is 9.50. The van der Waals surface area contributed by atoms with Crippen LogP contribution in [0.1, 0.15) is 95.6 Å². The van der Waals surface area contributed by atoms with Crippen LogP contribution in [0.4, 0.5) is 13.2 Å². The van der Waals surface area contributed by atoms with Crippen molar-refractivity contribution in [3.05, 3.63) is 89.3 Å². The summed E-state index contributed by atoms with van der Waals surface area (Å²) in [6, 6.07) is 16.1. The summed E-state index contributed by atoms with van der Waals surface area (Å²) in [7, 11) is 0. The third-order valence-electron chi connectivity index (χ3n) is 9.51. The normalized spacial score (nSPS) is 21.3. The highest BCUT2D eigenvalue weighted by molar-refractivity contribution is 5.74. The van der Waals surface area contributed by atoms with E-state index in [-0.39, 0.29) is 11.4 Å². The summed E-state index contributed by atoms with van der Waals surface area (Å²) in [5.74, 6) is 0.773. The van der Waals surface area contributed by atoms with Gasteiger partial charge in [0.05, 0.1) is 0 Å². The summed E-state index contributed by atoms with van der Waals surface area (Å²) in [6.45, 7) is 4.33. The Morgan fingerprint density at radius 1 is 0.675 bits per heavy atom. The van der Waals surface area contributed by atoms with Crippen LogP contribution in [-0.4, -0.2) is 0 Å². The topological polar surface area (TPSA) is 0 Å². The maximum absolute atomic E-state index is 15.3. The first-order chi connectivity index (χ1) is 19.5. The average Bonchev–Trinajstić information content (AvgIpc) is 2.99. The number of allylic oxidation sites excluding steroid dienone is 2. The fourth-order valence-corrected chi connectivity index (χ4v) is 7.05. The minimum absolute atomic E-state index is 0.192. The van der Waals surface area contributed by atoms with Crippen molar-refractivity contribution in [3.8, 4) is 22.3 Å². The van der Waals surface area contributed by atoms with Crippen LogP contribution in [0.2, 0.25) is 0 Å². The second-order valence-corrected chi connectivity index (χ2v) is 12.1. The van der Waals surface area contributed by atoms with Gasteiger partial charge in [0.25, 0.3) is 0 Å². The van der Waals surface area contributed by atoms with Gasteiger partial charge >= 0.3 is 0 Å². The van der Waals surface area contributed by atoms with Gasteiger partial charge in [-0.15, -0.1) is 0 Å². The maximum Gasteiger partial charge on any atom is 0.166 e. The monoisotopic (exact) mass is 544 g/mol. The first kappa shape index (κ1) is 28.7. The van der Waals surface area contributed by atoms with Crippen molar-refractivity contribution in [2.75, 3.05) is 0 Å². The predicted octanol–water partition coefficient (Wildman–Crippen LogP) is 11.6. The zero-order valence-corrected chi connectivity index (χ0v) is 24.1. The van der Waals surface area contributed by atoms with E-state index in [1.807, 2.05) is 31.2 Å². The molecule has 3 aromatic carbocycles. The van der Waals surface area contributed by atoms with Crippen LogP contribution in [0, 0.1) is 35.2 Å². The summed E-state index contributed by atoms with van der Waals surface area (Å²) in [5, 5.41) is 0. The van der Waals surface area contributed by atoms with Gasteiger partial charge in [-0.3, -0.25) is 0 Å². The quantitative estimate of drug-likeness (QED) is 0.251. The molecule has 5 rings (SSSR count). The van der Waals surface area contributed by atoms with Crippen LogP contribution in [-0.2, 0) is 6.42 Å². The van der Waals surface area contributed by atoms with Gasteiger partial charge < -0.3 is 0 Å². The van der Waals surface area contributed by atoms with Gasteiger partial charge in [-0.2, -0.15) is 0 Å². The van der Waals surface area contributed by atoms with Crippen LogP contribution in [0.25, 0.3) is 27.8 Å².